The van der Waals surface area contributed by atoms with E-state index in [0.29, 0.717) is 11.0 Å². The smallest absolute Gasteiger partial charge is 0.0895 e. The zero-order valence-corrected chi connectivity index (χ0v) is 11.8. The molecule has 2 atom stereocenters. The first-order valence-electron chi connectivity index (χ1n) is 6.51. The third-order valence-corrected chi connectivity index (χ3v) is 5.53. The fourth-order valence-electron chi connectivity index (χ4n) is 3.70. The van der Waals surface area contributed by atoms with E-state index in [1.54, 1.807) is 0 Å². The molecule has 3 rings (SSSR count). The number of fused-ring (bicyclic) bond motifs is 2. The molecule has 1 aliphatic carbocycles. The van der Waals surface area contributed by atoms with E-state index in [0.717, 1.165) is 18.2 Å². The van der Waals surface area contributed by atoms with Gasteiger partial charge in [-0.1, -0.05) is 11.4 Å². The molecule has 2 fully saturated rings. The third kappa shape index (κ3) is 1.91. The van der Waals surface area contributed by atoms with Gasteiger partial charge in [0.2, 0.25) is 0 Å². The number of likely N-dealkylation sites (tertiary alicyclic amines) is 1. The van der Waals surface area contributed by atoms with Crippen molar-refractivity contribution in [2.75, 3.05) is 6.54 Å². The summed E-state index contributed by atoms with van der Waals surface area (Å²) in [6.45, 7) is 9.45. The van der Waals surface area contributed by atoms with Crippen LogP contribution >= 0.6 is 11.5 Å². The van der Waals surface area contributed by atoms with Gasteiger partial charge in [0.1, 0.15) is 0 Å². The van der Waals surface area contributed by atoms with Gasteiger partial charge in [0.15, 0.2) is 0 Å². The largest absolute Gasteiger partial charge is 0.291 e. The van der Waals surface area contributed by atoms with E-state index in [2.05, 4.69) is 40.6 Å². The number of rotatable bonds is 2. The van der Waals surface area contributed by atoms with Gasteiger partial charge in [-0.15, -0.1) is 5.10 Å². The molecule has 0 unspecified atom stereocenters. The zero-order chi connectivity index (χ0) is 12.1. The Kier molecular flexibility index (Phi) is 2.56. The van der Waals surface area contributed by atoms with Crippen LogP contribution in [0.4, 0.5) is 0 Å². The standard InChI is InChI=1S/C13H21N3S/c1-12(2)10-4-5-13(3,6-10)9-16(12)7-11-8-17-15-14-11/h8,10H,4-7,9H2,1-3H3/t10-,13+/m0/s1. The van der Waals surface area contributed by atoms with Crippen LogP contribution < -0.4 is 0 Å². The van der Waals surface area contributed by atoms with Crippen LogP contribution in [0.2, 0.25) is 0 Å². The van der Waals surface area contributed by atoms with E-state index in [9.17, 15) is 0 Å². The second kappa shape index (κ2) is 3.75. The van der Waals surface area contributed by atoms with Gasteiger partial charge in [-0.3, -0.25) is 4.90 Å². The van der Waals surface area contributed by atoms with Gasteiger partial charge in [0.05, 0.1) is 5.69 Å². The summed E-state index contributed by atoms with van der Waals surface area (Å²) in [6.07, 6.45) is 4.20. The van der Waals surface area contributed by atoms with Crippen LogP contribution in [0.15, 0.2) is 5.38 Å². The van der Waals surface area contributed by atoms with Crippen LogP contribution in [0.5, 0.6) is 0 Å². The highest BCUT2D eigenvalue weighted by molar-refractivity contribution is 7.03. The van der Waals surface area contributed by atoms with Gasteiger partial charge < -0.3 is 0 Å². The number of hydrogen-bond donors (Lipinski definition) is 0. The van der Waals surface area contributed by atoms with E-state index >= 15 is 0 Å². The molecule has 1 aromatic heterocycles. The Hall–Kier alpha value is -0.480. The lowest BCUT2D eigenvalue weighted by Crippen LogP contribution is -2.54. The summed E-state index contributed by atoms with van der Waals surface area (Å²) in [5, 5.41) is 6.27. The molecular weight excluding hydrogens is 230 g/mol. The molecule has 2 aliphatic rings. The van der Waals surface area contributed by atoms with Crippen molar-refractivity contribution < 1.29 is 0 Å². The molecule has 17 heavy (non-hydrogen) atoms. The number of aromatic nitrogens is 2. The predicted molar refractivity (Wildman–Crippen MR) is 69.8 cm³/mol. The van der Waals surface area contributed by atoms with Crippen molar-refractivity contribution in [1.82, 2.24) is 14.5 Å². The maximum Gasteiger partial charge on any atom is 0.0895 e. The molecule has 0 amide bonds. The minimum Gasteiger partial charge on any atom is -0.291 e. The Morgan fingerprint density at radius 2 is 2.29 bits per heavy atom. The molecule has 1 aromatic rings. The highest BCUT2D eigenvalue weighted by Crippen LogP contribution is 2.53. The van der Waals surface area contributed by atoms with E-state index in [4.69, 9.17) is 0 Å². The van der Waals surface area contributed by atoms with Crippen molar-refractivity contribution in [3.05, 3.63) is 11.1 Å². The van der Waals surface area contributed by atoms with Crippen molar-refractivity contribution in [3.8, 4) is 0 Å². The normalized spacial score (nSPS) is 36.3. The van der Waals surface area contributed by atoms with Crippen LogP contribution in [-0.4, -0.2) is 26.6 Å². The lowest BCUT2D eigenvalue weighted by Gasteiger charge is -2.50. The van der Waals surface area contributed by atoms with E-state index < -0.39 is 0 Å². The topological polar surface area (TPSA) is 29.0 Å². The van der Waals surface area contributed by atoms with Crippen LogP contribution in [0, 0.1) is 11.3 Å². The Morgan fingerprint density at radius 3 is 3.00 bits per heavy atom. The maximum absolute atomic E-state index is 4.20. The minimum atomic E-state index is 0.319. The summed E-state index contributed by atoms with van der Waals surface area (Å²) < 4.78 is 3.97. The molecule has 3 nitrogen and oxygen atoms in total. The van der Waals surface area contributed by atoms with Crippen molar-refractivity contribution in [3.63, 3.8) is 0 Å². The van der Waals surface area contributed by atoms with Gasteiger partial charge in [-0.25, -0.2) is 0 Å². The molecule has 2 bridgehead atoms. The lowest BCUT2D eigenvalue weighted by atomic mass is 9.75. The summed E-state index contributed by atoms with van der Waals surface area (Å²) in [4.78, 5) is 2.63. The Bertz CT molecular complexity index is 401. The average Bonchev–Trinajstić information content (AvgIpc) is 2.85. The van der Waals surface area contributed by atoms with E-state index in [1.807, 2.05) is 0 Å². The van der Waals surface area contributed by atoms with Crippen LogP contribution in [0.1, 0.15) is 45.7 Å². The van der Waals surface area contributed by atoms with Gasteiger partial charge in [-0.2, -0.15) is 0 Å². The Balaban J connectivity index is 1.83. The molecule has 2 heterocycles. The van der Waals surface area contributed by atoms with Gasteiger partial charge in [0.25, 0.3) is 0 Å². The van der Waals surface area contributed by atoms with Crippen LogP contribution in [0.25, 0.3) is 0 Å². The quantitative estimate of drug-likeness (QED) is 0.809. The molecule has 0 N–H and O–H groups in total. The van der Waals surface area contributed by atoms with Crippen molar-refractivity contribution in [1.29, 1.82) is 0 Å². The van der Waals surface area contributed by atoms with E-state index in [1.165, 1.54) is 37.3 Å². The summed E-state index contributed by atoms with van der Waals surface area (Å²) in [6, 6.07) is 0. The average molecular weight is 251 g/mol. The lowest BCUT2D eigenvalue weighted by molar-refractivity contribution is -0.0139. The monoisotopic (exact) mass is 251 g/mol. The molecule has 0 spiro atoms. The van der Waals surface area contributed by atoms with Crippen molar-refractivity contribution in [2.24, 2.45) is 11.3 Å². The fraction of sp³-hybridized carbons (Fsp3) is 0.846. The highest BCUT2D eigenvalue weighted by Gasteiger charge is 2.50. The number of hydrogen-bond acceptors (Lipinski definition) is 4. The second-order valence-corrected chi connectivity index (χ2v) is 7.27. The first-order valence-corrected chi connectivity index (χ1v) is 7.34. The van der Waals surface area contributed by atoms with Crippen LogP contribution in [0.3, 0.4) is 0 Å². The predicted octanol–water partition coefficient (Wildman–Crippen LogP) is 2.94. The summed E-state index contributed by atoms with van der Waals surface area (Å²) in [5.41, 5.74) is 2.00. The Labute approximate surface area is 107 Å². The summed E-state index contributed by atoms with van der Waals surface area (Å²) >= 11 is 1.46. The Morgan fingerprint density at radius 1 is 1.47 bits per heavy atom. The minimum absolute atomic E-state index is 0.319. The molecule has 0 aromatic carbocycles. The number of piperidine rings is 1. The highest BCUT2D eigenvalue weighted by atomic mass is 32.1. The van der Waals surface area contributed by atoms with Crippen LogP contribution in [-0.2, 0) is 6.54 Å². The SMILES string of the molecule is CC1(C)[C@H]2CC[C@](C)(C2)CN1Cc1csnn1. The first-order chi connectivity index (χ1) is 8.00. The summed E-state index contributed by atoms with van der Waals surface area (Å²) in [7, 11) is 0. The molecule has 1 saturated carbocycles. The number of nitrogens with zero attached hydrogens (tertiary/aromatic N) is 3. The van der Waals surface area contributed by atoms with Crippen molar-refractivity contribution >= 4 is 11.5 Å². The van der Waals surface area contributed by atoms with Gasteiger partial charge >= 0.3 is 0 Å². The van der Waals surface area contributed by atoms with Gasteiger partial charge in [0, 0.05) is 24.0 Å². The molecule has 4 heteroatoms. The molecule has 1 aliphatic heterocycles. The van der Waals surface area contributed by atoms with E-state index in [-0.39, 0.29) is 0 Å². The maximum atomic E-state index is 4.20. The summed E-state index contributed by atoms with van der Waals surface area (Å²) in [5.74, 6) is 0.854. The first kappa shape index (κ1) is 11.6. The third-order valence-electron chi connectivity index (χ3n) is 4.98. The molecule has 1 saturated heterocycles. The fourth-order valence-corrected chi connectivity index (χ4v) is 4.14. The van der Waals surface area contributed by atoms with Crippen molar-refractivity contribution in [2.45, 2.75) is 52.1 Å². The zero-order valence-electron chi connectivity index (χ0n) is 10.9. The molecular formula is C13H21N3S. The molecule has 94 valence electrons. The molecule has 0 radical (unpaired) electrons. The second-order valence-electron chi connectivity index (χ2n) is 6.66. The van der Waals surface area contributed by atoms with Gasteiger partial charge in [-0.05, 0) is 56.0 Å².